The molecular formula is C13H16BrN3O. The molecule has 0 bridgehead atoms. The van der Waals surface area contributed by atoms with E-state index in [-0.39, 0.29) is 11.8 Å². The zero-order valence-electron chi connectivity index (χ0n) is 10.7. The third-order valence-electron chi connectivity index (χ3n) is 2.69. The number of hydrogen-bond donors (Lipinski definition) is 1. The first-order valence-corrected chi connectivity index (χ1v) is 6.40. The van der Waals surface area contributed by atoms with Gasteiger partial charge >= 0.3 is 0 Å². The lowest BCUT2D eigenvalue weighted by atomic mass is 10.1. The van der Waals surface area contributed by atoms with Crippen LogP contribution in [0.25, 0.3) is 0 Å². The Morgan fingerprint density at radius 3 is 2.78 bits per heavy atom. The van der Waals surface area contributed by atoms with Gasteiger partial charge in [0.2, 0.25) is 5.91 Å². The predicted octanol–water partition coefficient (Wildman–Crippen LogP) is 2.14. The minimum absolute atomic E-state index is 0.0114. The van der Waals surface area contributed by atoms with E-state index in [0.29, 0.717) is 12.1 Å². The Kier molecular flexibility index (Phi) is 5.17. The Morgan fingerprint density at radius 2 is 2.22 bits per heavy atom. The first-order chi connectivity index (χ1) is 8.47. The number of carbonyl (C=O) groups is 1. The number of halogens is 1. The van der Waals surface area contributed by atoms with E-state index in [4.69, 9.17) is 5.26 Å². The molecule has 0 aliphatic rings. The minimum Gasteiger partial charge on any atom is -0.374 e. The third-order valence-corrected chi connectivity index (χ3v) is 3.15. The van der Waals surface area contributed by atoms with Crippen LogP contribution in [0.5, 0.6) is 0 Å². The Labute approximate surface area is 116 Å². The van der Waals surface area contributed by atoms with Crippen molar-refractivity contribution in [3.8, 4) is 6.07 Å². The number of benzene rings is 1. The van der Waals surface area contributed by atoms with Crippen molar-refractivity contribution in [2.24, 2.45) is 5.92 Å². The van der Waals surface area contributed by atoms with E-state index in [1.807, 2.05) is 24.9 Å². The van der Waals surface area contributed by atoms with E-state index < -0.39 is 0 Å². The van der Waals surface area contributed by atoms with Gasteiger partial charge in [-0.15, -0.1) is 0 Å². The standard InChI is InChI=1S/C13H16BrN3O/c1-9(13(18)16-2)8-17(3)12-5-10(7-15)4-11(14)6-12/h4-6,9H,8H2,1-3H3,(H,16,18). The second-order valence-electron chi connectivity index (χ2n) is 4.21. The summed E-state index contributed by atoms with van der Waals surface area (Å²) in [6.45, 7) is 2.47. The number of nitrogens with one attached hydrogen (secondary N) is 1. The highest BCUT2D eigenvalue weighted by Crippen LogP contribution is 2.22. The van der Waals surface area contributed by atoms with E-state index >= 15 is 0 Å². The summed E-state index contributed by atoms with van der Waals surface area (Å²) in [5, 5.41) is 11.6. The minimum atomic E-state index is -0.107. The van der Waals surface area contributed by atoms with E-state index in [1.54, 1.807) is 19.2 Å². The van der Waals surface area contributed by atoms with Crippen LogP contribution in [0, 0.1) is 17.2 Å². The molecule has 5 heteroatoms. The van der Waals surface area contributed by atoms with Crippen LogP contribution in [0.15, 0.2) is 22.7 Å². The first kappa shape index (κ1) is 14.5. The van der Waals surface area contributed by atoms with E-state index in [0.717, 1.165) is 10.2 Å². The van der Waals surface area contributed by atoms with Gasteiger partial charge in [-0.05, 0) is 18.2 Å². The molecule has 4 nitrogen and oxygen atoms in total. The largest absolute Gasteiger partial charge is 0.374 e. The van der Waals surface area contributed by atoms with Crippen LogP contribution in [0.1, 0.15) is 12.5 Å². The van der Waals surface area contributed by atoms with Crippen LogP contribution in [-0.4, -0.2) is 26.5 Å². The van der Waals surface area contributed by atoms with Gasteiger partial charge in [-0.1, -0.05) is 22.9 Å². The van der Waals surface area contributed by atoms with Gasteiger partial charge in [-0.3, -0.25) is 4.79 Å². The molecule has 1 aromatic rings. The van der Waals surface area contributed by atoms with Crippen molar-refractivity contribution in [2.45, 2.75) is 6.92 Å². The van der Waals surface area contributed by atoms with Crippen molar-refractivity contribution in [3.63, 3.8) is 0 Å². The molecule has 18 heavy (non-hydrogen) atoms. The van der Waals surface area contributed by atoms with Gasteiger partial charge in [0.25, 0.3) is 0 Å². The summed E-state index contributed by atoms with van der Waals surface area (Å²) in [5.41, 5.74) is 1.51. The second-order valence-corrected chi connectivity index (χ2v) is 5.12. The predicted molar refractivity (Wildman–Crippen MR) is 75.4 cm³/mol. The van der Waals surface area contributed by atoms with Crippen molar-refractivity contribution in [3.05, 3.63) is 28.2 Å². The van der Waals surface area contributed by atoms with Crippen LogP contribution in [0.3, 0.4) is 0 Å². The van der Waals surface area contributed by atoms with Gasteiger partial charge in [-0.2, -0.15) is 5.26 Å². The van der Waals surface area contributed by atoms with Crippen molar-refractivity contribution in [2.75, 3.05) is 25.5 Å². The van der Waals surface area contributed by atoms with Crippen molar-refractivity contribution < 1.29 is 4.79 Å². The lowest BCUT2D eigenvalue weighted by molar-refractivity contribution is -0.123. The zero-order valence-corrected chi connectivity index (χ0v) is 12.3. The summed E-state index contributed by atoms with van der Waals surface area (Å²) >= 11 is 3.37. The first-order valence-electron chi connectivity index (χ1n) is 5.61. The molecule has 1 amide bonds. The van der Waals surface area contributed by atoms with Gasteiger partial charge < -0.3 is 10.2 Å². The molecule has 0 saturated carbocycles. The van der Waals surface area contributed by atoms with Crippen molar-refractivity contribution >= 4 is 27.5 Å². The molecule has 1 rings (SSSR count). The average Bonchev–Trinajstić information content (AvgIpc) is 2.36. The highest BCUT2D eigenvalue weighted by Gasteiger charge is 2.14. The Bertz CT molecular complexity index is 482. The maximum Gasteiger partial charge on any atom is 0.224 e. The highest BCUT2D eigenvalue weighted by molar-refractivity contribution is 9.10. The van der Waals surface area contributed by atoms with E-state index in [1.165, 1.54) is 0 Å². The Balaban J connectivity index is 2.84. The zero-order chi connectivity index (χ0) is 13.7. The highest BCUT2D eigenvalue weighted by atomic mass is 79.9. The lowest BCUT2D eigenvalue weighted by Crippen LogP contribution is -2.34. The van der Waals surface area contributed by atoms with Gasteiger partial charge in [0.05, 0.1) is 17.6 Å². The molecule has 0 fully saturated rings. The number of carbonyl (C=O) groups excluding carboxylic acids is 1. The van der Waals surface area contributed by atoms with Gasteiger partial charge in [0.15, 0.2) is 0 Å². The van der Waals surface area contributed by atoms with E-state index in [9.17, 15) is 4.79 Å². The smallest absolute Gasteiger partial charge is 0.224 e. The number of rotatable bonds is 4. The lowest BCUT2D eigenvalue weighted by Gasteiger charge is -2.23. The summed E-state index contributed by atoms with van der Waals surface area (Å²) in [5.74, 6) is -0.0955. The Morgan fingerprint density at radius 1 is 1.56 bits per heavy atom. The number of hydrogen-bond acceptors (Lipinski definition) is 3. The number of amides is 1. The topological polar surface area (TPSA) is 56.1 Å². The number of nitrogens with zero attached hydrogens (tertiary/aromatic N) is 2. The average molecular weight is 310 g/mol. The quantitative estimate of drug-likeness (QED) is 0.927. The van der Waals surface area contributed by atoms with Crippen molar-refractivity contribution in [1.29, 1.82) is 5.26 Å². The summed E-state index contributed by atoms with van der Waals surface area (Å²) < 4.78 is 0.857. The SMILES string of the molecule is CNC(=O)C(C)CN(C)c1cc(Br)cc(C#N)c1. The summed E-state index contributed by atoms with van der Waals surface area (Å²) in [7, 11) is 3.54. The van der Waals surface area contributed by atoms with E-state index in [2.05, 4.69) is 27.3 Å². The van der Waals surface area contributed by atoms with Crippen LogP contribution in [0.4, 0.5) is 5.69 Å². The van der Waals surface area contributed by atoms with Crippen LogP contribution < -0.4 is 10.2 Å². The second kappa shape index (κ2) is 6.41. The molecule has 0 aliphatic heterocycles. The molecule has 0 aliphatic carbocycles. The molecule has 0 heterocycles. The number of nitriles is 1. The van der Waals surface area contributed by atoms with Gasteiger partial charge in [-0.25, -0.2) is 0 Å². The molecule has 1 N–H and O–H groups in total. The molecule has 0 radical (unpaired) electrons. The van der Waals surface area contributed by atoms with Gasteiger partial charge in [0, 0.05) is 30.8 Å². The molecule has 96 valence electrons. The maximum absolute atomic E-state index is 11.5. The fourth-order valence-electron chi connectivity index (χ4n) is 1.70. The van der Waals surface area contributed by atoms with Gasteiger partial charge in [0.1, 0.15) is 0 Å². The molecule has 0 aromatic heterocycles. The van der Waals surface area contributed by atoms with Crippen LogP contribution >= 0.6 is 15.9 Å². The monoisotopic (exact) mass is 309 g/mol. The summed E-state index contributed by atoms with van der Waals surface area (Å²) in [6.07, 6.45) is 0. The Hall–Kier alpha value is -1.54. The molecule has 0 spiro atoms. The molecule has 1 aromatic carbocycles. The maximum atomic E-state index is 11.5. The normalized spacial score (nSPS) is 11.5. The van der Waals surface area contributed by atoms with Crippen molar-refractivity contribution in [1.82, 2.24) is 5.32 Å². The molecule has 0 saturated heterocycles. The molecule has 1 unspecified atom stereocenters. The third kappa shape index (κ3) is 3.74. The molecular weight excluding hydrogens is 294 g/mol. The summed E-state index contributed by atoms with van der Waals surface area (Å²) in [4.78, 5) is 13.4. The summed E-state index contributed by atoms with van der Waals surface area (Å²) in [6, 6.07) is 7.61. The van der Waals surface area contributed by atoms with Crippen LogP contribution in [-0.2, 0) is 4.79 Å². The van der Waals surface area contributed by atoms with Crippen LogP contribution in [0.2, 0.25) is 0 Å². The fraction of sp³-hybridized carbons (Fsp3) is 0.385. The fourth-order valence-corrected chi connectivity index (χ4v) is 2.19. The molecule has 1 atom stereocenters. The number of anilines is 1.